The molecule has 1 heterocycles. The van der Waals surface area contributed by atoms with Crippen LogP contribution in [0, 0.1) is 6.92 Å². The number of carbonyl (C=O) groups excluding carboxylic acids is 3. The molecule has 2 rings (SSSR count). The van der Waals surface area contributed by atoms with Crippen LogP contribution in [0.5, 0.6) is 0 Å². The maximum atomic E-state index is 12.3. The summed E-state index contributed by atoms with van der Waals surface area (Å²) in [6, 6.07) is 4.22. The molecule has 3 amide bonds. The smallest absolute Gasteiger partial charge is 0.269 e. The fourth-order valence-electron chi connectivity index (χ4n) is 2.69. The number of nitrogens with zero attached hydrogens (tertiary/aromatic N) is 1. The number of hydrogen-bond donors (Lipinski definition) is 2. The van der Waals surface area contributed by atoms with Crippen molar-refractivity contribution in [2.45, 2.75) is 37.5 Å². The first-order valence-electron chi connectivity index (χ1n) is 8.36. The van der Waals surface area contributed by atoms with Gasteiger partial charge in [0.05, 0.1) is 4.90 Å². The van der Waals surface area contributed by atoms with Gasteiger partial charge in [-0.15, -0.1) is 0 Å². The summed E-state index contributed by atoms with van der Waals surface area (Å²) in [5, 5.41) is 0. The second kappa shape index (κ2) is 8.31. The van der Waals surface area contributed by atoms with E-state index in [2.05, 4.69) is 10.9 Å². The van der Waals surface area contributed by atoms with Gasteiger partial charge in [-0.05, 0) is 37.5 Å². The summed E-state index contributed by atoms with van der Waals surface area (Å²) < 4.78 is 23.3. The maximum absolute atomic E-state index is 12.3. The predicted octanol–water partition coefficient (Wildman–Crippen LogP) is 0.562. The number of carbonyl (C=O) groups is 3. The molecule has 1 aromatic carbocycles. The molecule has 2 N–H and O–H groups in total. The van der Waals surface area contributed by atoms with Crippen molar-refractivity contribution < 1.29 is 22.8 Å². The third-order valence-corrected chi connectivity index (χ3v) is 5.31. The van der Waals surface area contributed by atoms with Crippen LogP contribution in [-0.2, 0) is 19.4 Å². The number of amides is 3. The lowest BCUT2D eigenvalue weighted by Gasteiger charge is -2.20. The van der Waals surface area contributed by atoms with Crippen molar-refractivity contribution in [3.8, 4) is 0 Å². The molecule has 8 nitrogen and oxygen atoms in total. The first-order chi connectivity index (χ1) is 12.2. The fraction of sp³-hybridized carbons (Fsp3) is 0.471. The van der Waals surface area contributed by atoms with Crippen molar-refractivity contribution in [1.82, 2.24) is 15.8 Å². The molecule has 0 aliphatic carbocycles. The summed E-state index contributed by atoms with van der Waals surface area (Å²) >= 11 is 0. The van der Waals surface area contributed by atoms with Crippen LogP contribution in [0.25, 0.3) is 0 Å². The van der Waals surface area contributed by atoms with Crippen LogP contribution in [0.15, 0.2) is 23.1 Å². The van der Waals surface area contributed by atoms with E-state index in [9.17, 15) is 22.8 Å². The summed E-state index contributed by atoms with van der Waals surface area (Å²) in [7, 11) is -3.45. The molecule has 0 bridgehead atoms. The molecule has 0 aromatic heterocycles. The van der Waals surface area contributed by atoms with Crippen molar-refractivity contribution in [3.63, 3.8) is 0 Å². The molecule has 1 aromatic rings. The molecule has 1 fully saturated rings. The lowest BCUT2D eigenvalue weighted by molar-refractivity contribution is -0.135. The van der Waals surface area contributed by atoms with Gasteiger partial charge in [0, 0.05) is 24.8 Å². The number of aryl methyl sites for hydroxylation is 1. The van der Waals surface area contributed by atoms with Crippen LogP contribution < -0.4 is 10.9 Å². The van der Waals surface area contributed by atoms with Crippen molar-refractivity contribution in [2.24, 2.45) is 0 Å². The van der Waals surface area contributed by atoms with Crippen LogP contribution in [-0.4, -0.2) is 50.4 Å². The number of likely N-dealkylation sites (tertiary alicyclic amines) is 1. The minimum Gasteiger partial charge on any atom is -0.333 e. The number of benzene rings is 1. The zero-order valence-corrected chi connectivity index (χ0v) is 15.7. The van der Waals surface area contributed by atoms with E-state index in [1.54, 1.807) is 6.92 Å². The highest BCUT2D eigenvalue weighted by Crippen LogP contribution is 2.15. The Bertz CT molecular complexity index is 820. The van der Waals surface area contributed by atoms with Gasteiger partial charge >= 0.3 is 0 Å². The molecule has 0 radical (unpaired) electrons. The topological polar surface area (TPSA) is 113 Å². The van der Waals surface area contributed by atoms with Crippen LogP contribution in [0.4, 0.5) is 0 Å². The van der Waals surface area contributed by atoms with Gasteiger partial charge in [0.2, 0.25) is 5.91 Å². The normalized spacial score (nSPS) is 15.3. The van der Waals surface area contributed by atoms with Crippen molar-refractivity contribution >= 4 is 27.6 Å². The first-order valence-corrected chi connectivity index (χ1v) is 10.3. The number of sulfone groups is 1. The average molecular weight is 381 g/mol. The molecule has 0 unspecified atom stereocenters. The SMILES string of the molecule is Cc1ccc(S(C)(=O)=O)cc1C(=O)NNC(=O)CN1CCCCCC1=O. The average Bonchev–Trinajstić information content (AvgIpc) is 2.76. The molecule has 0 saturated carbocycles. The van der Waals surface area contributed by atoms with Gasteiger partial charge in [0.15, 0.2) is 9.84 Å². The van der Waals surface area contributed by atoms with Gasteiger partial charge in [0.25, 0.3) is 11.8 Å². The molecule has 1 aliphatic heterocycles. The minimum atomic E-state index is -3.45. The lowest BCUT2D eigenvalue weighted by atomic mass is 10.1. The van der Waals surface area contributed by atoms with Crippen LogP contribution in [0.1, 0.15) is 41.6 Å². The van der Waals surface area contributed by atoms with E-state index in [0.29, 0.717) is 18.5 Å². The van der Waals surface area contributed by atoms with E-state index < -0.39 is 21.7 Å². The van der Waals surface area contributed by atoms with Gasteiger partial charge in [-0.3, -0.25) is 25.2 Å². The van der Waals surface area contributed by atoms with Gasteiger partial charge in [-0.25, -0.2) is 8.42 Å². The van der Waals surface area contributed by atoms with Crippen molar-refractivity contribution in [3.05, 3.63) is 29.3 Å². The monoisotopic (exact) mass is 381 g/mol. The largest absolute Gasteiger partial charge is 0.333 e. The quantitative estimate of drug-likeness (QED) is 0.740. The zero-order valence-electron chi connectivity index (χ0n) is 14.9. The molecule has 26 heavy (non-hydrogen) atoms. The standard InChI is InChI=1S/C17H23N3O5S/c1-12-7-8-13(26(2,24)25)10-14(12)17(23)19-18-15(21)11-20-9-5-3-4-6-16(20)22/h7-8,10H,3-6,9,11H2,1-2H3,(H,18,21)(H,19,23). The molecular weight excluding hydrogens is 358 g/mol. The molecule has 9 heteroatoms. The molecular formula is C17H23N3O5S. The van der Waals surface area contributed by atoms with Crippen LogP contribution >= 0.6 is 0 Å². The Morgan fingerprint density at radius 2 is 1.88 bits per heavy atom. The Hall–Kier alpha value is -2.42. The van der Waals surface area contributed by atoms with E-state index in [-0.39, 0.29) is 22.9 Å². The van der Waals surface area contributed by atoms with E-state index in [4.69, 9.17) is 0 Å². The summed E-state index contributed by atoms with van der Waals surface area (Å²) in [5.74, 6) is -1.20. The van der Waals surface area contributed by atoms with Gasteiger partial charge < -0.3 is 4.90 Å². The number of nitrogens with one attached hydrogen (secondary N) is 2. The molecule has 0 atom stereocenters. The summed E-state index contributed by atoms with van der Waals surface area (Å²) in [4.78, 5) is 37.6. The molecule has 1 aliphatic rings. The maximum Gasteiger partial charge on any atom is 0.269 e. The van der Waals surface area contributed by atoms with E-state index in [0.717, 1.165) is 25.5 Å². The van der Waals surface area contributed by atoms with Crippen molar-refractivity contribution in [2.75, 3.05) is 19.3 Å². The Labute approximate surface area is 152 Å². The van der Waals surface area contributed by atoms with Gasteiger partial charge in [0.1, 0.15) is 6.54 Å². The third kappa shape index (κ3) is 5.29. The van der Waals surface area contributed by atoms with E-state index in [1.165, 1.54) is 23.1 Å². The van der Waals surface area contributed by atoms with E-state index in [1.807, 2.05) is 0 Å². The second-order valence-electron chi connectivity index (χ2n) is 6.38. The summed E-state index contributed by atoms with van der Waals surface area (Å²) in [5.41, 5.74) is 5.27. The molecule has 1 saturated heterocycles. The van der Waals surface area contributed by atoms with Crippen LogP contribution in [0.2, 0.25) is 0 Å². The number of hydrazine groups is 1. The Kier molecular flexibility index (Phi) is 6.36. The van der Waals surface area contributed by atoms with Gasteiger partial charge in [-0.2, -0.15) is 0 Å². The third-order valence-electron chi connectivity index (χ3n) is 4.20. The Balaban J connectivity index is 1.98. The Morgan fingerprint density at radius 3 is 2.58 bits per heavy atom. The second-order valence-corrected chi connectivity index (χ2v) is 8.39. The highest BCUT2D eigenvalue weighted by atomic mass is 32.2. The highest BCUT2D eigenvalue weighted by Gasteiger charge is 2.20. The minimum absolute atomic E-state index is 0.0229. The molecule has 142 valence electrons. The lowest BCUT2D eigenvalue weighted by Crippen LogP contribution is -2.47. The summed E-state index contributed by atoms with van der Waals surface area (Å²) in [6.45, 7) is 2.07. The van der Waals surface area contributed by atoms with Gasteiger partial charge in [-0.1, -0.05) is 12.5 Å². The van der Waals surface area contributed by atoms with E-state index >= 15 is 0 Å². The highest BCUT2D eigenvalue weighted by molar-refractivity contribution is 7.90. The zero-order chi connectivity index (χ0) is 19.3. The Morgan fingerprint density at radius 1 is 1.15 bits per heavy atom. The number of rotatable bonds is 4. The van der Waals surface area contributed by atoms with Crippen LogP contribution in [0.3, 0.4) is 0 Å². The molecule has 0 spiro atoms. The first kappa shape index (κ1) is 19.9. The fourth-order valence-corrected chi connectivity index (χ4v) is 3.34. The predicted molar refractivity (Wildman–Crippen MR) is 94.9 cm³/mol. The van der Waals surface area contributed by atoms with Crippen molar-refractivity contribution in [1.29, 1.82) is 0 Å². The summed E-state index contributed by atoms with van der Waals surface area (Å²) in [6.07, 6.45) is 4.11. The number of hydrogen-bond acceptors (Lipinski definition) is 5.